The number of para-hydroxylation sites is 3. The van der Waals surface area contributed by atoms with E-state index in [0.29, 0.717) is 16.8 Å². The van der Waals surface area contributed by atoms with Gasteiger partial charge in [-0.3, -0.25) is 0 Å². The quantitative estimate of drug-likeness (QED) is 0.206. The van der Waals surface area contributed by atoms with Crippen molar-refractivity contribution in [2.45, 2.75) is 19.3 Å². The molecule has 0 radical (unpaired) electrons. The normalized spacial score (nSPS) is 13.2. The van der Waals surface area contributed by atoms with Crippen molar-refractivity contribution < 1.29 is 0 Å². The van der Waals surface area contributed by atoms with E-state index < -0.39 is 0 Å². The first-order valence-corrected chi connectivity index (χ1v) is 15.2. The maximum atomic E-state index is 10.7. The van der Waals surface area contributed by atoms with E-state index in [0.717, 1.165) is 49.3 Å². The summed E-state index contributed by atoms with van der Waals surface area (Å²) in [6.07, 6.45) is 0. The Labute approximate surface area is 260 Å². The molecule has 0 saturated carbocycles. The van der Waals surface area contributed by atoms with Gasteiger partial charge in [0.2, 0.25) is 0 Å². The number of aromatic nitrogens is 2. The third-order valence-electron chi connectivity index (χ3n) is 9.81. The zero-order chi connectivity index (χ0) is 30.4. The molecule has 1 aliphatic carbocycles. The predicted molar refractivity (Wildman–Crippen MR) is 182 cm³/mol. The molecule has 0 fully saturated rings. The van der Waals surface area contributed by atoms with E-state index in [2.05, 4.69) is 120 Å². The van der Waals surface area contributed by atoms with E-state index in [1.54, 1.807) is 6.07 Å². The van der Waals surface area contributed by atoms with E-state index in [1.807, 2.05) is 30.3 Å². The van der Waals surface area contributed by atoms with E-state index in [4.69, 9.17) is 0 Å². The van der Waals surface area contributed by atoms with E-state index in [9.17, 15) is 10.5 Å². The topological polar surface area (TPSA) is 57.4 Å². The van der Waals surface area contributed by atoms with Crippen LogP contribution in [0.25, 0.3) is 66.1 Å². The first-order chi connectivity index (χ1) is 22.0. The summed E-state index contributed by atoms with van der Waals surface area (Å²) in [5, 5.41) is 25.4. The summed E-state index contributed by atoms with van der Waals surface area (Å²) >= 11 is 0. The monoisotopic (exact) mass is 574 g/mol. The maximum Gasteiger partial charge on any atom is 0.103 e. The first-order valence-electron chi connectivity index (χ1n) is 15.2. The largest absolute Gasteiger partial charge is 0.307 e. The molecule has 2 aromatic heterocycles. The molecule has 0 aliphatic heterocycles. The minimum atomic E-state index is -0.167. The van der Waals surface area contributed by atoms with Gasteiger partial charge in [-0.1, -0.05) is 92.7 Å². The fraction of sp³-hybridized carbons (Fsp3) is 0.0732. The Balaban J connectivity index is 1.48. The summed E-state index contributed by atoms with van der Waals surface area (Å²) in [7, 11) is 0. The Morgan fingerprint density at radius 2 is 1.09 bits per heavy atom. The zero-order valence-electron chi connectivity index (χ0n) is 24.8. The van der Waals surface area contributed by atoms with Crippen LogP contribution in [0.2, 0.25) is 0 Å². The van der Waals surface area contributed by atoms with Crippen LogP contribution in [0.15, 0.2) is 121 Å². The molecular formula is C41H26N4. The molecule has 0 spiro atoms. The molecule has 0 saturated heterocycles. The van der Waals surface area contributed by atoms with Gasteiger partial charge in [0.1, 0.15) is 12.1 Å². The Kier molecular flexibility index (Phi) is 5.06. The minimum Gasteiger partial charge on any atom is -0.307 e. The van der Waals surface area contributed by atoms with Gasteiger partial charge in [-0.05, 0) is 64.7 Å². The second kappa shape index (κ2) is 8.96. The zero-order valence-corrected chi connectivity index (χ0v) is 24.8. The Morgan fingerprint density at radius 3 is 1.73 bits per heavy atom. The summed E-state index contributed by atoms with van der Waals surface area (Å²) < 4.78 is 4.47. The highest BCUT2D eigenvalue weighted by atomic mass is 15.1. The van der Waals surface area contributed by atoms with E-state index >= 15 is 0 Å². The molecule has 4 heteroatoms. The van der Waals surface area contributed by atoms with Gasteiger partial charge in [-0.2, -0.15) is 10.5 Å². The average molecular weight is 575 g/mol. The molecule has 1 aliphatic rings. The van der Waals surface area contributed by atoms with Crippen molar-refractivity contribution in [3.63, 3.8) is 0 Å². The summed E-state index contributed by atoms with van der Waals surface area (Å²) in [5.74, 6) is 0. The Bertz CT molecular complexity index is 2600. The lowest BCUT2D eigenvalue weighted by Gasteiger charge is -2.22. The molecule has 0 unspecified atom stereocenters. The number of fused-ring (bicyclic) bond motifs is 9. The van der Waals surface area contributed by atoms with Crippen LogP contribution < -0.4 is 0 Å². The second-order valence-electron chi connectivity index (χ2n) is 12.4. The van der Waals surface area contributed by atoms with Crippen LogP contribution in [-0.4, -0.2) is 9.13 Å². The fourth-order valence-corrected chi connectivity index (χ4v) is 7.78. The third-order valence-corrected chi connectivity index (χ3v) is 9.81. The van der Waals surface area contributed by atoms with Crippen molar-refractivity contribution in [3.8, 4) is 34.6 Å². The van der Waals surface area contributed by atoms with Gasteiger partial charge in [0.15, 0.2) is 0 Å². The van der Waals surface area contributed by atoms with Crippen molar-refractivity contribution in [1.82, 2.24) is 9.13 Å². The lowest BCUT2D eigenvalue weighted by atomic mass is 9.82. The summed E-state index contributed by atoms with van der Waals surface area (Å²) in [6.45, 7) is 4.60. The smallest absolute Gasteiger partial charge is 0.103 e. The van der Waals surface area contributed by atoms with Crippen LogP contribution in [-0.2, 0) is 5.41 Å². The van der Waals surface area contributed by atoms with Gasteiger partial charge < -0.3 is 9.13 Å². The standard InChI is InChI=1S/C41H26N4/c1-41(2)33-15-7-3-11-26(33)30-21-31-29-14-6-8-16-35(29)44(39(31)22-34(30)41)38-20-19-25(23-42)32(24-43)40(38)45-36-17-9-4-12-27(36)28-13-5-10-18-37(28)45/h3-22H,1-2H3. The third kappa shape index (κ3) is 3.23. The molecule has 0 atom stereocenters. The predicted octanol–water partition coefficient (Wildman–Crippen LogP) is 9.93. The molecule has 0 bridgehead atoms. The number of hydrogen-bond acceptors (Lipinski definition) is 2. The molecular weight excluding hydrogens is 548 g/mol. The molecule has 6 aromatic carbocycles. The van der Waals surface area contributed by atoms with E-state index in [1.165, 1.54) is 22.3 Å². The molecule has 0 amide bonds. The second-order valence-corrected chi connectivity index (χ2v) is 12.4. The Hall–Kier alpha value is -6.10. The van der Waals surface area contributed by atoms with Crippen LogP contribution in [0.3, 0.4) is 0 Å². The highest BCUT2D eigenvalue weighted by Crippen LogP contribution is 2.51. The molecule has 2 heterocycles. The minimum absolute atomic E-state index is 0.167. The molecule has 9 rings (SSSR count). The highest BCUT2D eigenvalue weighted by molar-refractivity contribution is 6.13. The average Bonchev–Trinajstić information content (AvgIpc) is 3.66. The summed E-state index contributed by atoms with van der Waals surface area (Å²) in [5.41, 5.74) is 11.4. The van der Waals surface area contributed by atoms with Crippen molar-refractivity contribution >= 4 is 43.6 Å². The number of nitriles is 2. The number of benzene rings is 6. The van der Waals surface area contributed by atoms with Crippen molar-refractivity contribution in [2.75, 3.05) is 0 Å². The van der Waals surface area contributed by atoms with Crippen molar-refractivity contribution in [2.24, 2.45) is 0 Å². The molecule has 4 nitrogen and oxygen atoms in total. The number of nitrogens with zero attached hydrogens (tertiary/aromatic N) is 4. The summed E-state index contributed by atoms with van der Waals surface area (Å²) in [6, 6.07) is 47.0. The van der Waals surface area contributed by atoms with Gasteiger partial charge in [-0.15, -0.1) is 0 Å². The molecule has 45 heavy (non-hydrogen) atoms. The van der Waals surface area contributed by atoms with Crippen LogP contribution in [0, 0.1) is 22.7 Å². The lowest BCUT2D eigenvalue weighted by Crippen LogP contribution is -2.15. The van der Waals surface area contributed by atoms with Crippen molar-refractivity contribution in [1.29, 1.82) is 10.5 Å². The fourth-order valence-electron chi connectivity index (χ4n) is 7.78. The summed E-state index contributed by atoms with van der Waals surface area (Å²) in [4.78, 5) is 0. The Morgan fingerprint density at radius 1 is 0.511 bits per heavy atom. The molecule has 8 aromatic rings. The molecule has 0 N–H and O–H groups in total. The van der Waals surface area contributed by atoms with Crippen LogP contribution in [0.1, 0.15) is 36.1 Å². The van der Waals surface area contributed by atoms with Gasteiger partial charge in [0.25, 0.3) is 0 Å². The SMILES string of the molecule is CC1(C)c2ccccc2-c2cc3c4ccccc4n(-c4ccc(C#N)c(C#N)c4-n4c5ccccc5c5ccccc54)c3cc21. The highest BCUT2D eigenvalue weighted by Gasteiger charge is 2.36. The van der Waals surface area contributed by atoms with Crippen molar-refractivity contribution in [3.05, 3.63) is 144 Å². The van der Waals surface area contributed by atoms with Gasteiger partial charge in [-0.25, -0.2) is 0 Å². The molecule has 210 valence electrons. The van der Waals surface area contributed by atoms with E-state index in [-0.39, 0.29) is 5.41 Å². The van der Waals surface area contributed by atoms with Crippen LogP contribution in [0.4, 0.5) is 0 Å². The number of hydrogen-bond donors (Lipinski definition) is 0. The van der Waals surface area contributed by atoms with Gasteiger partial charge >= 0.3 is 0 Å². The van der Waals surface area contributed by atoms with Gasteiger partial charge in [0.05, 0.1) is 44.6 Å². The van der Waals surface area contributed by atoms with Gasteiger partial charge in [0, 0.05) is 27.0 Å². The van der Waals surface area contributed by atoms with Crippen LogP contribution in [0.5, 0.6) is 0 Å². The van der Waals surface area contributed by atoms with Crippen LogP contribution >= 0.6 is 0 Å². The first kappa shape index (κ1) is 25.4. The number of rotatable bonds is 2. The maximum absolute atomic E-state index is 10.7. The lowest BCUT2D eigenvalue weighted by molar-refractivity contribution is 0.661.